The van der Waals surface area contributed by atoms with Gasteiger partial charge in [-0.3, -0.25) is 4.79 Å². The van der Waals surface area contributed by atoms with Gasteiger partial charge < -0.3 is 9.84 Å². The summed E-state index contributed by atoms with van der Waals surface area (Å²) in [6.07, 6.45) is 0.233. The summed E-state index contributed by atoms with van der Waals surface area (Å²) in [4.78, 5) is 16.7. The number of nitrogens with zero attached hydrogens (tertiary/aromatic N) is 1. The molecular formula is C16H13NO3S. The van der Waals surface area contributed by atoms with E-state index >= 15 is 0 Å². The Balaban J connectivity index is 1.85. The summed E-state index contributed by atoms with van der Waals surface area (Å²) in [5.41, 5.74) is 1.63. The summed E-state index contributed by atoms with van der Waals surface area (Å²) in [6, 6.07) is 12.6. The molecule has 0 aliphatic heterocycles. The zero-order valence-corrected chi connectivity index (χ0v) is 12.2. The average molecular weight is 299 g/mol. The molecule has 0 aliphatic carbocycles. The van der Waals surface area contributed by atoms with E-state index in [0.717, 1.165) is 15.8 Å². The van der Waals surface area contributed by atoms with E-state index in [9.17, 15) is 9.90 Å². The van der Waals surface area contributed by atoms with Crippen LogP contribution < -0.4 is 4.74 Å². The molecule has 0 unspecified atom stereocenters. The van der Waals surface area contributed by atoms with Gasteiger partial charge >= 0.3 is 0 Å². The summed E-state index contributed by atoms with van der Waals surface area (Å²) in [5, 5.41) is 10.1. The van der Waals surface area contributed by atoms with Crippen LogP contribution in [0.2, 0.25) is 0 Å². The maximum absolute atomic E-state index is 12.3. The van der Waals surface area contributed by atoms with Crippen molar-refractivity contribution in [3.63, 3.8) is 0 Å². The van der Waals surface area contributed by atoms with Crippen molar-refractivity contribution in [3.8, 4) is 11.5 Å². The number of methoxy groups -OCH3 is 1. The van der Waals surface area contributed by atoms with E-state index in [1.54, 1.807) is 12.1 Å². The van der Waals surface area contributed by atoms with Gasteiger partial charge in [0.1, 0.15) is 0 Å². The number of para-hydroxylation sites is 1. The number of thiazole rings is 1. The minimum absolute atomic E-state index is 0.0380. The van der Waals surface area contributed by atoms with E-state index in [1.807, 2.05) is 24.3 Å². The number of carbonyl (C=O) groups is 1. The number of hydrogen-bond donors (Lipinski definition) is 1. The number of ether oxygens (including phenoxy) is 1. The third-order valence-corrected chi connectivity index (χ3v) is 4.22. The second-order valence-corrected chi connectivity index (χ2v) is 5.62. The second kappa shape index (κ2) is 5.54. The Morgan fingerprint density at radius 2 is 2.10 bits per heavy atom. The molecule has 2 aromatic carbocycles. The maximum Gasteiger partial charge on any atom is 0.195 e. The van der Waals surface area contributed by atoms with E-state index in [2.05, 4.69) is 4.98 Å². The SMILES string of the molecule is COc1cc(CC(=O)c2nc3ccccc3s2)ccc1O. The van der Waals surface area contributed by atoms with Crippen molar-refractivity contribution in [1.82, 2.24) is 4.98 Å². The lowest BCUT2D eigenvalue weighted by molar-refractivity contribution is 0.0992. The van der Waals surface area contributed by atoms with Crippen LogP contribution in [0.5, 0.6) is 11.5 Å². The minimum atomic E-state index is -0.0380. The number of benzene rings is 2. The summed E-state index contributed by atoms with van der Waals surface area (Å²) in [7, 11) is 1.48. The van der Waals surface area contributed by atoms with Crippen LogP contribution in [0.15, 0.2) is 42.5 Å². The van der Waals surface area contributed by atoms with Gasteiger partial charge in [0.25, 0.3) is 0 Å². The topological polar surface area (TPSA) is 59.4 Å². The van der Waals surface area contributed by atoms with E-state index in [-0.39, 0.29) is 18.0 Å². The fraction of sp³-hybridized carbons (Fsp3) is 0.125. The lowest BCUT2D eigenvalue weighted by Gasteiger charge is -2.05. The number of carbonyl (C=O) groups excluding carboxylic acids is 1. The average Bonchev–Trinajstić information content (AvgIpc) is 2.93. The Kier molecular flexibility index (Phi) is 3.58. The molecule has 1 heterocycles. The minimum Gasteiger partial charge on any atom is -0.504 e. The molecule has 1 aromatic heterocycles. The van der Waals surface area contributed by atoms with Crippen molar-refractivity contribution < 1.29 is 14.6 Å². The molecule has 3 aromatic rings. The van der Waals surface area contributed by atoms with E-state index < -0.39 is 0 Å². The van der Waals surface area contributed by atoms with Gasteiger partial charge in [0.15, 0.2) is 22.3 Å². The second-order valence-electron chi connectivity index (χ2n) is 4.59. The summed E-state index contributed by atoms with van der Waals surface area (Å²) >= 11 is 1.40. The predicted molar refractivity (Wildman–Crippen MR) is 82.3 cm³/mol. The first-order valence-electron chi connectivity index (χ1n) is 6.42. The van der Waals surface area contributed by atoms with Crippen molar-refractivity contribution in [3.05, 3.63) is 53.0 Å². The molecule has 0 spiro atoms. The zero-order valence-electron chi connectivity index (χ0n) is 11.4. The van der Waals surface area contributed by atoms with Crippen molar-refractivity contribution in [1.29, 1.82) is 0 Å². The van der Waals surface area contributed by atoms with E-state index in [1.165, 1.54) is 24.5 Å². The third-order valence-electron chi connectivity index (χ3n) is 3.14. The highest BCUT2D eigenvalue weighted by Gasteiger charge is 2.14. The van der Waals surface area contributed by atoms with Crippen LogP contribution in [0.25, 0.3) is 10.2 Å². The first-order valence-corrected chi connectivity index (χ1v) is 7.23. The Morgan fingerprint density at radius 1 is 1.29 bits per heavy atom. The molecule has 0 radical (unpaired) electrons. The predicted octanol–water partition coefficient (Wildman–Crippen LogP) is 3.44. The van der Waals surface area contributed by atoms with Crippen LogP contribution in [0, 0.1) is 0 Å². The number of fused-ring (bicyclic) bond motifs is 1. The largest absolute Gasteiger partial charge is 0.504 e. The number of ketones is 1. The van der Waals surface area contributed by atoms with Gasteiger partial charge in [-0.25, -0.2) is 4.98 Å². The molecule has 0 aliphatic rings. The lowest BCUT2D eigenvalue weighted by atomic mass is 10.1. The number of rotatable bonds is 4. The Bertz CT molecular complexity index is 777. The molecule has 4 nitrogen and oxygen atoms in total. The third kappa shape index (κ3) is 2.73. The molecule has 0 fully saturated rings. The zero-order chi connectivity index (χ0) is 14.8. The van der Waals surface area contributed by atoms with Crippen molar-refractivity contribution in [2.45, 2.75) is 6.42 Å². The fourth-order valence-corrected chi connectivity index (χ4v) is 2.99. The van der Waals surface area contributed by atoms with Gasteiger partial charge in [0.2, 0.25) is 0 Å². The standard InChI is InChI=1S/C16H13NO3S/c1-20-14-9-10(6-7-12(14)18)8-13(19)16-17-11-4-2-3-5-15(11)21-16/h2-7,9,18H,8H2,1H3. The van der Waals surface area contributed by atoms with Gasteiger partial charge in [0.05, 0.1) is 17.3 Å². The highest BCUT2D eigenvalue weighted by molar-refractivity contribution is 7.20. The summed E-state index contributed by atoms with van der Waals surface area (Å²) < 4.78 is 6.05. The number of phenolic OH excluding ortho intramolecular Hbond substituents is 1. The molecule has 0 atom stereocenters. The van der Waals surface area contributed by atoms with Crippen LogP contribution in [0.3, 0.4) is 0 Å². The van der Waals surface area contributed by atoms with Crippen molar-refractivity contribution in [2.24, 2.45) is 0 Å². The quantitative estimate of drug-likeness (QED) is 0.750. The Morgan fingerprint density at radius 3 is 2.86 bits per heavy atom. The molecule has 106 valence electrons. The van der Waals surface area contributed by atoms with Crippen LogP contribution in [0.4, 0.5) is 0 Å². The molecule has 0 amide bonds. The molecule has 3 rings (SSSR count). The molecule has 21 heavy (non-hydrogen) atoms. The first kappa shape index (κ1) is 13.6. The van der Waals surface area contributed by atoms with Gasteiger partial charge in [-0.1, -0.05) is 18.2 Å². The van der Waals surface area contributed by atoms with Crippen LogP contribution in [0.1, 0.15) is 15.4 Å². The van der Waals surface area contributed by atoms with Gasteiger partial charge in [-0.2, -0.15) is 0 Å². The summed E-state index contributed by atoms with van der Waals surface area (Å²) in [6.45, 7) is 0. The van der Waals surface area contributed by atoms with E-state index in [0.29, 0.717) is 10.8 Å². The maximum atomic E-state index is 12.3. The normalized spacial score (nSPS) is 10.7. The van der Waals surface area contributed by atoms with Gasteiger partial charge in [0, 0.05) is 6.42 Å². The number of Topliss-reactive ketones (excluding diaryl/α,β-unsaturated/α-hetero) is 1. The highest BCUT2D eigenvalue weighted by Crippen LogP contribution is 2.28. The molecule has 0 saturated carbocycles. The molecule has 5 heteroatoms. The van der Waals surface area contributed by atoms with Crippen LogP contribution in [-0.4, -0.2) is 23.0 Å². The Hall–Kier alpha value is -2.40. The first-order chi connectivity index (χ1) is 10.2. The molecule has 0 saturated heterocycles. The Labute approximate surface area is 125 Å². The smallest absolute Gasteiger partial charge is 0.195 e. The van der Waals surface area contributed by atoms with Crippen LogP contribution >= 0.6 is 11.3 Å². The molecule has 0 bridgehead atoms. The lowest BCUT2D eigenvalue weighted by Crippen LogP contribution is -2.03. The van der Waals surface area contributed by atoms with Gasteiger partial charge in [-0.15, -0.1) is 11.3 Å². The molecular weight excluding hydrogens is 286 g/mol. The van der Waals surface area contributed by atoms with E-state index in [4.69, 9.17) is 4.74 Å². The highest BCUT2D eigenvalue weighted by atomic mass is 32.1. The van der Waals surface area contributed by atoms with Gasteiger partial charge in [-0.05, 0) is 29.8 Å². The molecule has 1 N–H and O–H groups in total. The summed E-state index contributed by atoms with van der Waals surface area (Å²) in [5.74, 6) is 0.391. The number of phenols is 1. The monoisotopic (exact) mass is 299 g/mol. The van der Waals surface area contributed by atoms with Crippen molar-refractivity contribution >= 4 is 27.3 Å². The fourth-order valence-electron chi connectivity index (χ4n) is 2.08. The van der Waals surface area contributed by atoms with Crippen LogP contribution in [-0.2, 0) is 6.42 Å². The number of aromatic hydroxyl groups is 1. The number of hydrogen-bond acceptors (Lipinski definition) is 5. The number of aromatic nitrogens is 1. The van der Waals surface area contributed by atoms with Crippen molar-refractivity contribution in [2.75, 3.05) is 7.11 Å².